The molecule has 176 valence electrons. The highest BCUT2D eigenvalue weighted by atomic mass is 35.5. The van der Waals surface area contributed by atoms with Gasteiger partial charge in [-0.25, -0.2) is 4.98 Å². The Hall–Kier alpha value is -1.81. The first kappa shape index (κ1) is 24.3. The van der Waals surface area contributed by atoms with Gasteiger partial charge in [0, 0.05) is 38.3 Å². The highest BCUT2D eigenvalue weighted by molar-refractivity contribution is 6.42. The molecule has 0 atom stereocenters. The van der Waals surface area contributed by atoms with Crippen LogP contribution in [0.5, 0.6) is 0 Å². The molecule has 1 heterocycles. The second kappa shape index (κ2) is 12.1. The molecule has 1 aliphatic rings. The van der Waals surface area contributed by atoms with Gasteiger partial charge in [0.1, 0.15) is 5.82 Å². The summed E-state index contributed by atoms with van der Waals surface area (Å²) in [5.74, 6) is 1.91. The van der Waals surface area contributed by atoms with Crippen molar-refractivity contribution in [3.05, 3.63) is 87.4 Å². The van der Waals surface area contributed by atoms with Gasteiger partial charge in [0.25, 0.3) is 0 Å². The lowest BCUT2D eigenvalue weighted by molar-refractivity contribution is 0.240. The standard InChI is InChI=1S/C28H35Cl2N3/c1-2-3-17-33-25(18-31-28(33)23-13-8-5-9-14-23)21-32(19-22-11-6-4-7-12-22)20-24-15-10-16-26(29)27(24)30/h4,6-7,10-12,15-16,18,23H,2-3,5,8-9,13-14,17,19-21H2,1H3. The van der Waals surface area contributed by atoms with Gasteiger partial charge >= 0.3 is 0 Å². The summed E-state index contributed by atoms with van der Waals surface area (Å²) in [5.41, 5.74) is 3.66. The van der Waals surface area contributed by atoms with E-state index in [-0.39, 0.29) is 0 Å². The molecule has 33 heavy (non-hydrogen) atoms. The van der Waals surface area contributed by atoms with Crippen molar-refractivity contribution in [3.63, 3.8) is 0 Å². The number of hydrogen-bond donors (Lipinski definition) is 0. The van der Waals surface area contributed by atoms with Crippen LogP contribution >= 0.6 is 23.2 Å². The average molecular weight is 485 g/mol. The number of aromatic nitrogens is 2. The molecule has 3 aromatic rings. The minimum Gasteiger partial charge on any atom is -0.331 e. The van der Waals surface area contributed by atoms with Crippen molar-refractivity contribution in [3.8, 4) is 0 Å². The Morgan fingerprint density at radius 1 is 0.939 bits per heavy atom. The molecular weight excluding hydrogens is 449 g/mol. The summed E-state index contributed by atoms with van der Waals surface area (Å²) in [5, 5.41) is 1.26. The van der Waals surface area contributed by atoms with Gasteiger partial charge in [0.05, 0.1) is 15.7 Å². The SMILES string of the molecule is CCCCn1c(CN(Cc2ccccc2)Cc2cccc(Cl)c2Cl)cnc1C1CCCCC1. The summed E-state index contributed by atoms with van der Waals surface area (Å²) in [4.78, 5) is 7.44. The third-order valence-electron chi connectivity index (χ3n) is 6.73. The van der Waals surface area contributed by atoms with Crippen LogP contribution in [0.25, 0.3) is 0 Å². The van der Waals surface area contributed by atoms with Crippen LogP contribution in [-0.2, 0) is 26.2 Å². The molecule has 0 unspecified atom stereocenters. The first-order chi connectivity index (χ1) is 16.2. The Morgan fingerprint density at radius 2 is 1.73 bits per heavy atom. The maximum atomic E-state index is 6.57. The maximum absolute atomic E-state index is 6.57. The van der Waals surface area contributed by atoms with E-state index in [1.54, 1.807) is 0 Å². The van der Waals surface area contributed by atoms with E-state index in [4.69, 9.17) is 28.2 Å². The molecule has 0 saturated heterocycles. The Bertz CT molecular complexity index is 1010. The zero-order valence-corrected chi connectivity index (χ0v) is 21.2. The monoisotopic (exact) mass is 483 g/mol. The molecule has 0 bridgehead atoms. The first-order valence-electron chi connectivity index (χ1n) is 12.4. The van der Waals surface area contributed by atoms with E-state index in [0.29, 0.717) is 16.0 Å². The van der Waals surface area contributed by atoms with E-state index >= 15 is 0 Å². The van der Waals surface area contributed by atoms with E-state index in [1.165, 1.54) is 62.0 Å². The summed E-state index contributed by atoms with van der Waals surface area (Å²) < 4.78 is 2.52. The van der Waals surface area contributed by atoms with Crippen LogP contribution in [-0.4, -0.2) is 14.5 Å². The van der Waals surface area contributed by atoms with Crippen molar-refractivity contribution < 1.29 is 0 Å². The summed E-state index contributed by atoms with van der Waals surface area (Å²) in [6.45, 7) is 5.74. The van der Waals surface area contributed by atoms with Crippen LogP contribution in [0.15, 0.2) is 54.7 Å². The molecule has 0 radical (unpaired) electrons. The van der Waals surface area contributed by atoms with Crippen molar-refractivity contribution in [2.75, 3.05) is 0 Å². The lowest BCUT2D eigenvalue weighted by Crippen LogP contribution is -2.25. The van der Waals surface area contributed by atoms with E-state index in [0.717, 1.165) is 31.7 Å². The summed E-state index contributed by atoms with van der Waals surface area (Å²) >= 11 is 12.9. The molecule has 4 rings (SSSR count). The Kier molecular flexibility index (Phi) is 8.89. The van der Waals surface area contributed by atoms with Crippen molar-refractivity contribution in [1.29, 1.82) is 0 Å². The number of nitrogens with zero attached hydrogens (tertiary/aromatic N) is 3. The fraction of sp³-hybridized carbons (Fsp3) is 0.464. The molecule has 0 amide bonds. The zero-order chi connectivity index (χ0) is 23.0. The molecule has 5 heteroatoms. The lowest BCUT2D eigenvalue weighted by Gasteiger charge is -2.26. The molecule has 1 fully saturated rings. The van der Waals surface area contributed by atoms with Crippen LogP contribution in [0.3, 0.4) is 0 Å². The van der Waals surface area contributed by atoms with E-state index in [9.17, 15) is 0 Å². The Morgan fingerprint density at radius 3 is 2.48 bits per heavy atom. The molecule has 3 nitrogen and oxygen atoms in total. The number of benzene rings is 2. The third-order valence-corrected chi connectivity index (χ3v) is 7.59. The normalized spacial score (nSPS) is 14.8. The molecule has 1 aromatic heterocycles. The second-order valence-electron chi connectivity index (χ2n) is 9.29. The van der Waals surface area contributed by atoms with Gasteiger partial charge in [-0.05, 0) is 36.5 Å². The average Bonchev–Trinajstić information content (AvgIpc) is 3.24. The number of rotatable bonds is 10. The molecule has 1 saturated carbocycles. The molecular formula is C28H35Cl2N3. The van der Waals surface area contributed by atoms with Crippen molar-refractivity contribution in [2.45, 2.75) is 84.0 Å². The van der Waals surface area contributed by atoms with Gasteiger partial charge < -0.3 is 4.57 Å². The van der Waals surface area contributed by atoms with E-state index < -0.39 is 0 Å². The van der Waals surface area contributed by atoms with Crippen LogP contribution < -0.4 is 0 Å². The Labute approximate surface area is 208 Å². The van der Waals surface area contributed by atoms with Gasteiger partial charge in [0.2, 0.25) is 0 Å². The van der Waals surface area contributed by atoms with Crippen LogP contribution in [0.2, 0.25) is 10.0 Å². The van der Waals surface area contributed by atoms with Crippen molar-refractivity contribution in [1.82, 2.24) is 14.5 Å². The van der Waals surface area contributed by atoms with Gasteiger partial charge in [-0.1, -0.05) is 98.3 Å². The van der Waals surface area contributed by atoms with Gasteiger partial charge in [0.15, 0.2) is 0 Å². The predicted octanol–water partition coefficient (Wildman–Crippen LogP) is 8.24. The van der Waals surface area contributed by atoms with Gasteiger partial charge in [-0.15, -0.1) is 0 Å². The molecule has 0 spiro atoms. The maximum Gasteiger partial charge on any atom is 0.112 e. The molecule has 0 N–H and O–H groups in total. The number of unbranched alkanes of at least 4 members (excludes halogenated alkanes) is 1. The summed E-state index contributed by atoms with van der Waals surface area (Å²) in [6, 6.07) is 16.6. The number of hydrogen-bond acceptors (Lipinski definition) is 2. The largest absolute Gasteiger partial charge is 0.331 e. The molecule has 0 aliphatic heterocycles. The van der Waals surface area contributed by atoms with E-state index in [1.807, 2.05) is 12.1 Å². The smallest absolute Gasteiger partial charge is 0.112 e. The summed E-state index contributed by atoms with van der Waals surface area (Å²) in [7, 11) is 0. The van der Waals surface area contributed by atoms with Crippen molar-refractivity contribution >= 4 is 23.2 Å². The number of imidazole rings is 1. The Balaban J connectivity index is 1.61. The fourth-order valence-electron chi connectivity index (χ4n) is 4.96. The minimum absolute atomic E-state index is 0.606. The van der Waals surface area contributed by atoms with E-state index in [2.05, 4.69) is 59.0 Å². The highest BCUT2D eigenvalue weighted by Gasteiger charge is 2.23. The van der Waals surface area contributed by atoms with Gasteiger partial charge in [-0.2, -0.15) is 0 Å². The second-order valence-corrected chi connectivity index (χ2v) is 10.1. The predicted molar refractivity (Wildman–Crippen MR) is 139 cm³/mol. The minimum atomic E-state index is 0.606. The molecule has 2 aromatic carbocycles. The quantitative estimate of drug-likeness (QED) is 0.289. The zero-order valence-electron chi connectivity index (χ0n) is 19.6. The third kappa shape index (κ3) is 6.41. The molecule has 1 aliphatic carbocycles. The van der Waals surface area contributed by atoms with Crippen molar-refractivity contribution in [2.24, 2.45) is 0 Å². The first-order valence-corrected chi connectivity index (χ1v) is 13.1. The van der Waals surface area contributed by atoms with Gasteiger partial charge in [-0.3, -0.25) is 4.90 Å². The van der Waals surface area contributed by atoms with Crippen LogP contribution in [0, 0.1) is 0 Å². The lowest BCUT2D eigenvalue weighted by atomic mass is 9.88. The van der Waals surface area contributed by atoms with Crippen LogP contribution in [0.4, 0.5) is 0 Å². The summed E-state index contributed by atoms with van der Waals surface area (Å²) in [6.07, 6.45) is 11.1. The highest BCUT2D eigenvalue weighted by Crippen LogP contribution is 2.33. The fourth-order valence-corrected chi connectivity index (χ4v) is 5.34. The van der Waals surface area contributed by atoms with Crippen LogP contribution in [0.1, 0.15) is 80.4 Å². The number of halogens is 2. The topological polar surface area (TPSA) is 21.1 Å².